The van der Waals surface area contributed by atoms with Gasteiger partial charge in [0.05, 0.1) is 11.7 Å². The molecule has 0 aliphatic carbocycles. The second-order valence-electron chi connectivity index (χ2n) is 7.68. The Morgan fingerprint density at radius 3 is 2.44 bits per heavy atom. The van der Waals surface area contributed by atoms with Gasteiger partial charge in [0.25, 0.3) is 0 Å². The molecule has 4 N–H and O–H groups in total. The molecule has 2 unspecified atom stereocenters. The molecule has 1 aromatic heterocycles. The lowest BCUT2D eigenvalue weighted by Crippen LogP contribution is -2.39. The highest BCUT2D eigenvalue weighted by atomic mass is 16.3. The highest BCUT2D eigenvalue weighted by Crippen LogP contribution is 2.34. The third-order valence-electron chi connectivity index (χ3n) is 5.62. The highest BCUT2D eigenvalue weighted by molar-refractivity contribution is 6.17. The van der Waals surface area contributed by atoms with Crippen LogP contribution in [-0.4, -0.2) is 22.8 Å². The van der Waals surface area contributed by atoms with E-state index in [1.54, 1.807) is 48.5 Å². The van der Waals surface area contributed by atoms with Gasteiger partial charge < -0.3 is 14.8 Å². The maximum absolute atomic E-state index is 13.1. The van der Waals surface area contributed by atoms with Gasteiger partial charge in [-0.3, -0.25) is 9.59 Å². The van der Waals surface area contributed by atoms with E-state index in [-0.39, 0.29) is 29.2 Å². The summed E-state index contributed by atoms with van der Waals surface area (Å²) in [6.07, 6.45) is 0.432. The van der Waals surface area contributed by atoms with Crippen LogP contribution in [0.5, 0.6) is 5.75 Å². The van der Waals surface area contributed by atoms with Crippen molar-refractivity contribution in [3.8, 4) is 5.75 Å². The molecule has 2 atom stereocenters. The maximum atomic E-state index is 13.1. The summed E-state index contributed by atoms with van der Waals surface area (Å²) in [6.45, 7) is 0. The van der Waals surface area contributed by atoms with Crippen molar-refractivity contribution in [3.05, 3.63) is 95.7 Å². The second kappa shape index (κ2) is 8.30. The molecule has 0 spiro atoms. The van der Waals surface area contributed by atoms with Crippen LogP contribution in [0.2, 0.25) is 0 Å². The molecule has 3 aromatic carbocycles. The van der Waals surface area contributed by atoms with Crippen LogP contribution in [0.15, 0.2) is 83.3 Å². The number of carbonyl (C=O) groups is 2. The Labute approximate surface area is 184 Å². The first-order valence-electron chi connectivity index (χ1n) is 10.3. The van der Waals surface area contributed by atoms with Gasteiger partial charge in [0.15, 0.2) is 5.76 Å². The number of fused-ring (bicyclic) bond motifs is 1. The number of phenols is 1. The van der Waals surface area contributed by atoms with E-state index in [2.05, 4.69) is 16.2 Å². The largest absolute Gasteiger partial charge is 0.508 e. The first-order chi connectivity index (χ1) is 15.6. The van der Waals surface area contributed by atoms with Crippen LogP contribution < -0.4 is 16.2 Å². The number of aromatic hydroxyl groups is 1. The minimum atomic E-state index is -0.562. The third-order valence-corrected chi connectivity index (χ3v) is 5.62. The molecule has 7 heteroatoms. The van der Waals surface area contributed by atoms with Crippen molar-refractivity contribution in [3.63, 3.8) is 0 Å². The van der Waals surface area contributed by atoms with E-state index in [0.29, 0.717) is 34.2 Å². The number of amides is 1. The molecular formula is C25H21N3O4. The van der Waals surface area contributed by atoms with Crippen LogP contribution in [0, 0.1) is 0 Å². The van der Waals surface area contributed by atoms with Gasteiger partial charge in [0.2, 0.25) is 11.7 Å². The zero-order valence-corrected chi connectivity index (χ0v) is 17.0. The zero-order chi connectivity index (χ0) is 22.1. The van der Waals surface area contributed by atoms with E-state index in [9.17, 15) is 14.7 Å². The molecule has 1 aliphatic rings. The number of hydrazine groups is 1. The van der Waals surface area contributed by atoms with Crippen molar-refractivity contribution in [1.82, 2.24) is 10.9 Å². The van der Waals surface area contributed by atoms with Crippen molar-refractivity contribution in [2.24, 2.45) is 0 Å². The molecule has 0 radical (unpaired) electrons. The summed E-state index contributed by atoms with van der Waals surface area (Å²) in [7, 11) is 0. The van der Waals surface area contributed by atoms with Crippen LogP contribution in [0.25, 0.3) is 11.0 Å². The minimum absolute atomic E-state index is 0.0916. The second-order valence-corrected chi connectivity index (χ2v) is 7.68. The number of phenolic OH excluding ortho intramolecular Hbond substituents is 1. The molecular weight excluding hydrogens is 406 g/mol. The predicted molar refractivity (Wildman–Crippen MR) is 120 cm³/mol. The Bertz CT molecular complexity index is 1300. The number of hydrogen-bond donors (Lipinski definition) is 4. The molecule has 1 saturated heterocycles. The average Bonchev–Trinajstić information content (AvgIpc) is 3.45. The van der Waals surface area contributed by atoms with Gasteiger partial charge in [-0.2, -0.15) is 0 Å². The van der Waals surface area contributed by atoms with Gasteiger partial charge in [0, 0.05) is 16.5 Å². The van der Waals surface area contributed by atoms with Crippen molar-refractivity contribution >= 4 is 28.3 Å². The van der Waals surface area contributed by atoms with Gasteiger partial charge in [0.1, 0.15) is 17.4 Å². The summed E-state index contributed by atoms with van der Waals surface area (Å²) in [5.74, 6) is -0.343. The summed E-state index contributed by atoms with van der Waals surface area (Å²) >= 11 is 0. The van der Waals surface area contributed by atoms with Crippen LogP contribution in [0.4, 0.5) is 5.69 Å². The smallest absolute Gasteiger partial charge is 0.243 e. The third kappa shape index (κ3) is 3.64. The lowest BCUT2D eigenvalue weighted by molar-refractivity contribution is -0.117. The van der Waals surface area contributed by atoms with E-state index in [1.807, 2.05) is 30.3 Å². The molecule has 0 bridgehead atoms. The minimum Gasteiger partial charge on any atom is -0.508 e. The van der Waals surface area contributed by atoms with E-state index < -0.39 is 6.04 Å². The number of benzene rings is 3. The average molecular weight is 427 g/mol. The number of carbonyl (C=O) groups excluding carboxylic acids is 2. The van der Waals surface area contributed by atoms with Gasteiger partial charge in [-0.05, 0) is 24.6 Å². The Morgan fingerprint density at radius 1 is 0.906 bits per heavy atom. The Morgan fingerprint density at radius 2 is 1.62 bits per heavy atom. The number of nitrogens with one attached hydrogen (secondary N) is 3. The summed E-state index contributed by atoms with van der Waals surface area (Å²) in [4.78, 5) is 26.2. The van der Waals surface area contributed by atoms with E-state index in [1.165, 1.54) is 0 Å². The topological polar surface area (TPSA) is 104 Å². The summed E-state index contributed by atoms with van der Waals surface area (Å²) in [5.41, 5.74) is 8.11. The van der Waals surface area contributed by atoms with E-state index in [0.717, 1.165) is 0 Å². The highest BCUT2D eigenvalue weighted by Gasteiger charge is 2.33. The molecule has 32 heavy (non-hydrogen) atoms. The van der Waals surface area contributed by atoms with Crippen LogP contribution in [0.1, 0.15) is 34.1 Å². The molecule has 4 aromatic rings. The van der Waals surface area contributed by atoms with E-state index >= 15 is 0 Å². The van der Waals surface area contributed by atoms with Crippen molar-refractivity contribution in [2.45, 2.75) is 18.5 Å². The van der Waals surface area contributed by atoms with Crippen LogP contribution in [0.3, 0.4) is 0 Å². The van der Waals surface area contributed by atoms with E-state index in [4.69, 9.17) is 4.42 Å². The Kier molecular flexibility index (Phi) is 5.18. The Balaban J connectivity index is 1.42. The number of hydrogen-bond acceptors (Lipinski definition) is 6. The molecule has 1 aliphatic heterocycles. The first kappa shape index (κ1) is 20.0. The SMILES string of the molecule is O=C(c1ccccc1)c1oc2ccccc2c1NC(=O)C1CC(c2ccccc2O)NN1. The lowest BCUT2D eigenvalue weighted by Gasteiger charge is -2.12. The number of anilines is 1. The van der Waals surface area contributed by atoms with Gasteiger partial charge >= 0.3 is 0 Å². The molecule has 2 heterocycles. The summed E-state index contributed by atoms with van der Waals surface area (Å²) in [5, 5.41) is 13.7. The van der Waals surface area contributed by atoms with Gasteiger partial charge in [-0.15, -0.1) is 0 Å². The Hall–Kier alpha value is -3.94. The monoisotopic (exact) mass is 427 g/mol. The van der Waals surface area contributed by atoms with Crippen LogP contribution in [-0.2, 0) is 4.79 Å². The fourth-order valence-corrected chi connectivity index (χ4v) is 3.97. The number of rotatable bonds is 5. The summed E-state index contributed by atoms with van der Waals surface area (Å²) in [6, 6.07) is 22.2. The fourth-order valence-electron chi connectivity index (χ4n) is 3.97. The standard InChI is InChI=1S/C25H21N3O4/c29-20-12-6-4-10-16(20)18-14-19(28-27-18)25(31)26-22-17-11-5-7-13-21(17)32-24(22)23(30)15-8-2-1-3-9-15/h1-13,18-19,27-29H,14H2,(H,26,31). The lowest BCUT2D eigenvalue weighted by atomic mass is 10.0. The predicted octanol–water partition coefficient (Wildman–Crippen LogP) is 3.92. The first-order valence-corrected chi connectivity index (χ1v) is 10.3. The van der Waals surface area contributed by atoms with Crippen molar-refractivity contribution < 1.29 is 19.1 Å². The molecule has 5 rings (SSSR count). The summed E-state index contributed by atoms with van der Waals surface area (Å²) < 4.78 is 5.85. The number of furan rings is 1. The quantitative estimate of drug-likeness (QED) is 0.360. The molecule has 160 valence electrons. The molecule has 7 nitrogen and oxygen atoms in total. The number of ketones is 1. The van der Waals surface area contributed by atoms with Gasteiger partial charge in [-0.1, -0.05) is 60.7 Å². The van der Waals surface area contributed by atoms with Crippen LogP contribution >= 0.6 is 0 Å². The van der Waals surface area contributed by atoms with Gasteiger partial charge in [-0.25, -0.2) is 10.9 Å². The molecule has 0 saturated carbocycles. The zero-order valence-electron chi connectivity index (χ0n) is 17.0. The molecule has 1 fully saturated rings. The van der Waals surface area contributed by atoms with Crippen molar-refractivity contribution in [2.75, 3.05) is 5.32 Å². The van der Waals surface area contributed by atoms with Crippen molar-refractivity contribution in [1.29, 1.82) is 0 Å². The maximum Gasteiger partial charge on any atom is 0.243 e. The number of para-hydroxylation sites is 2. The molecule has 1 amide bonds. The fraction of sp³-hybridized carbons (Fsp3) is 0.120. The normalized spacial score (nSPS) is 18.0.